The van der Waals surface area contributed by atoms with Gasteiger partial charge in [0.25, 0.3) is 0 Å². The lowest BCUT2D eigenvalue weighted by Crippen LogP contribution is -2.30. The molecule has 0 atom stereocenters. The maximum absolute atomic E-state index is 13.1. The molecule has 8 heteroatoms. The molecule has 0 fully saturated rings. The molecule has 0 radical (unpaired) electrons. The fourth-order valence-electron chi connectivity index (χ4n) is 2.35. The summed E-state index contributed by atoms with van der Waals surface area (Å²) in [5.41, 5.74) is 1.31. The Morgan fingerprint density at radius 3 is 2.27 bits per heavy atom. The third-order valence-electron chi connectivity index (χ3n) is 3.60. The normalized spacial score (nSPS) is 10.2. The molecule has 0 aromatic heterocycles. The number of hydrogen-bond donors (Lipinski definition) is 2. The monoisotopic (exact) mass is 382 g/mol. The summed E-state index contributed by atoms with van der Waals surface area (Å²) in [6.07, 6.45) is 0.550. The Labute approximate surface area is 156 Å². The number of methoxy groups -OCH3 is 3. The average Bonchev–Trinajstić information content (AvgIpc) is 2.63. The number of hydrogen-bond acceptors (Lipinski definition) is 4. The van der Waals surface area contributed by atoms with Crippen molar-refractivity contribution in [3.8, 4) is 17.2 Å². The number of nitrogens with one attached hydrogen (secondary N) is 2. The topological polar surface area (TPSA) is 68.8 Å². The fraction of sp³-hybridized carbons (Fsp3) is 0.278. The lowest BCUT2D eigenvalue weighted by atomic mass is 10.1. The van der Waals surface area contributed by atoms with E-state index >= 15 is 0 Å². The molecular weight excluding hydrogens is 363 g/mol. The second-order valence-corrected chi connectivity index (χ2v) is 5.70. The first-order valence-electron chi connectivity index (χ1n) is 7.77. The van der Waals surface area contributed by atoms with Crippen LogP contribution in [0.25, 0.3) is 0 Å². The molecule has 0 bridgehead atoms. The molecule has 0 aliphatic carbocycles. The van der Waals surface area contributed by atoms with Gasteiger partial charge in [0.2, 0.25) is 5.75 Å². The summed E-state index contributed by atoms with van der Waals surface area (Å²) in [6, 6.07) is 7.19. The van der Waals surface area contributed by atoms with Gasteiger partial charge in [-0.1, -0.05) is 11.6 Å². The minimum atomic E-state index is -0.542. The highest BCUT2D eigenvalue weighted by atomic mass is 35.5. The Morgan fingerprint density at radius 2 is 1.73 bits per heavy atom. The van der Waals surface area contributed by atoms with Crippen LogP contribution < -0.4 is 24.8 Å². The summed E-state index contributed by atoms with van der Waals surface area (Å²) < 4.78 is 29.0. The Bertz CT molecular complexity index is 761. The van der Waals surface area contributed by atoms with Gasteiger partial charge in [-0.2, -0.15) is 0 Å². The number of ether oxygens (including phenoxy) is 3. The Hall–Kier alpha value is -2.67. The molecule has 2 rings (SSSR count). The van der Waals surface area contributed by atoms with Gasteiger partial charge in [0, 0.05) is 12.2 Å². The van der Waals surface area contributed by atoms with Gasteiger partial charge in [0.1, 0.15) is 5.82 Å². The van der Waals surface area contributed by atoms with E-state index in [-0.39, 0.29) is 5.02 Å². The Balaban J connectivity index is 1.94. The maximum Gasteiger partial charge on any atom is 0.319 e. The quantitative estimate of drug-likeness (QED) is 0.762. The number of anilines is 1. The van der Waals surface area contributed by atoms with E-state index in [1.54, 1.807) is 14.2 Å². The molecule has 0 saturated heterocycles. The maximum atomic E-state index is 13.1. The summed E-state index contributed by atoms with van der Waals surface area (Å²) in [5, 5.41) is 5.25. The molecule has 26 heavy (non-hydrogen) atoms. The molecule has 0 aliphatic rings. The second-order valence-electron chi connectivity index (χ2n) is 5.29. The van der Waals surface area contributed by atoms with E-state index in [0.29, 0.717) is 35.9 Å². The van der Waals surface area contributed by atoms with Gasteiger partial charge in [-0.15, -0.1) is 0 Å². The number of carbonyl (C=O) groups is 1. The van der Waals surface area contributed by atoms with Crippen molar-refractivity contribution in [1.29, 1.82) is 0 Å². The van der Waals surface area contributed by atoms with Crippen molar-refractivity contribution in [2.24, 2.45) is 0 Å². The molecule has 6 nitrogen and oxygen atoms in total. The lowest BCUT2D eigenvalue weighted by Gasteiger charge is -2.14. The summed E-state index contributed by atoms with van der Waals surface area (Å²) in [6.45, 7) is 0.374. The van der Waals surface area contributed by atoms with E-state index in [4.69, 9.17) is 25.8 Å². The van der Waals surface area contributed by atoms with E-state index in [0.717, 1.165) is 5.56 Å². The van der Waals surface area contributed by atoms with Crippen LogP contribution in [-0.2, 0) is 6.42 Å². The van der Waals surface area contributed by atoms with Gasteiger partial charge in [0.05, 0.1) is 26.4 Å². The first kappa shape index (κ1) is 19.7. The zero-order valence-corrected chi connectivity index (χ0v) is 15.4. The summed E-state index contributed by atoms with van der Waals surface area (Å²) >= 11 is 5.68. The fourth-order valence-corrected chi connectivity index (χ4v) is 2.53. The summed E-state index contributed by atoms with van der Waals surface area (Å²) in [4.78, 5) is 11.9. The Morgan fingerprint density at radius 1 is 1.08 bits per heavy atom. The molecule has 0 aliphatic heterocycles. The number of carbonyl (C=O) groups excluding carboxylic acids is 1. The van der Waals surface area contributed by atoms with E-state index in [1.807, 2.05) is 12.1 Å². The molecule has 2 aromatic carbocycles. The van der Waals surface area contributed by atoms with Gasteiger partial charge in [-0.25, -0.2) is 9.18 Å². The van der Waals surface area contributed by atoms with Crippen molar-refractivity contribution in [2.75, 3.05) is 33.2 Å². The summed E-state index contributed by atoms with van der Waals surface area (Å²) in [5.74, 6) is 1.07. The zero-order valence-electron chi connectivity index (χ0n) is 14.7. The van der Waals surface area contributed by atoms with E-state index in [9.17, 15) is 9.18 Å². The van der Waals surface area contributed by atoms with Gasteiger partial charge in [0.15, 0.2) is 11.5 Å². The van der Waals surface area contributed by atoms with Crippen molar-refractivity contribution < 1.29 is 23.4 Å². The average molecular weight is 383 g/mol. The largest absolute Gasteiger partial charge is 0.493 e. The second kappa shape index (κ2) is 9.15. The van der Waals surface area contributed by atoms with Crippen LogP contribution >= 0.6 is 11.6 Å². The van der Waals surface area contributed by atoms with Crippen LogP contribution in [0, 0.1) is 5.82 Å². The van der Waals surface area contributed by atoms with Gasteiger partial charge in [-0.05, 0) is 42.3 Å². The van der Waals surface area contributed by atoms with Crippen LogP contribution in [0.1, 0.15) is 5.56 Å². The van der Waals surface area contributed by atoms with Crippen LogP contribution in [0.5, 0.6) is 17.2 Å². The number of amides is 2. The highest BCUT2D eigenvalue weighted by Gasteiger charge is 2.13. The third-order valence-corrected chi connectivity index (χ3v) is 3.89. The van der Waals surface area contributed by atoms with Crippen LogP contribution in [-0.4, -0.2) is 33.9 Å². The van der Waals surface area contributed by atoms with Crippen LogP contribution in [0.4, 0.5) is 14.9 Å². The first-order chi connectivity index (χ1) is 12.5. The number of benzene rings is 2. The van der Waals surface area contributed by atoms with Crippen molar-refractivity contribution in [3.05, 3.63) is 46.7 Å². The zero-order chi connectivity index (χ0) is 19.1. The third kappa shape index (κ3) is 4.92. The van der Waals surface area contributed by atoms with E-state index < -0.39 is 11.8 Å². The molecule has 2 N–H and O–H groups in total. The SMILES string of the molecule is COc1cc(CCNC(=O)Nc2ccc(F)c(Cl)c2)cc(OC)c1OC. The number of rotatable bonds is 7. The van der Waals surface area contributed by atoms with E-state index in [1.165, 1.54) is 25.3 Å². The molecule has 2 aromatic rings. The highest BCUT2D eigenvalue weighted by Crippen LogP contribution is 2.38. The van der Waals surface area contributed by atoms with E-state index in [2.05, 4.69) is 10.6 Å². The van der Waals surface area contributed by atoms with Crippen LogP contribution in [0.3, 0.4) is 0 Å². The van der Waals surface area contributed by atoms with Crippen molar-refractivity contribution in [1.82, 2.24) is 5.32 Å². The molecule has 2 amide bonds. The lowest BCUT2D eigenvalue weighted by molar-refractivity contribution is 0.252. The molecule has 140 valence electrons. The molecule has 0 saturated carbocycles. The van der Waals surface area contributed by atoms with Gasteiger partial charge < -0.3 is 24.8 Å². The van der Waals surface area contributed by atoms with Crippen LogP contribution in [0.2, 0.25) is 5.02 Å². The molecular formula is C18H20ClFN2O4. The predicted molar refractivity (Wildman–Crippen MR) is 98.2 cm³/mol. The molecule has 0 heterocycles. The minimum Gasteiger partial charge on any atom is -0.493 e. The van der Waals surface area contributed by atoms with Crippen LogP contribution in [0.15, 0.2) is 30.3 Å². The molecule has 0 unspecified atom stereocenters. The number of halogens is 2. The standard InChI is InChI=1S/C18H20ClFN2O4/c1-24-15-8-11(9-16(25-2)17(15)26-3)6-7-21-18(23)22-12-4-5-14(20)13(19)10-12/h4-5,8-10H,6-7H2,1-3H3,(H2,21,22,23). The van der Waals surface area contributed by atoms with Gasteiger partial charge >= 0.3 is 6.03 Å². The highest BCUT2D eigenvalue weighted by molar-refractivity contribution is 6.31. The smallest absolute Gasteiger partial charge is 0.319 e. The molecule has 0 spiro atoms. The van der Waals surface area contributed by atoms with Crippen molar-refractivity contribution in [2.45, 2.75) is 6.42 Å². The van der Waals surface area contributed by atoms with Crippen molar-refractivity contribution in [3.63, 3.8) is 0 Å². The number of urea groups is 1. The Kier molecular flexibility index (Phi) is 6.91. The minimum absolute atomic E-state index is 0.0553. The van der Waals surface area contributed by atoms with Gasteiger partial charge in [-0.3, -0.25) is 0 Å². The first-order valence-corrected chi connectivity index (χ1v) is 8.15. The summed E-state index contributed by atoms with van der Waals surface area (Å²) in [7, 11) is 4.62. The van der Waals surface area contributed by atoms with Crippen molar-refractivity contribution >= 4 is 23.3 Å². The predicted octanol–water partition coefficient (Wildman–Crippen LogP) is 3.87.